The Bertz CT molecular complexity index is 260. The molecule has 0 spiro atoms. The summed E-state index contributed by atoms with van der Waals surface area (Å²) >= 11 is 0. The molecule has 1 aliphatic carbocycles. The second-order valence-corrected chi connectivity index (χ2v) is 5.25. The number of rotatable bonds is 4. The maximum atomic E-state index is 11.4. The van der Waals surface area contributed by atoms with Gasteiger partial charge in [0.05, 0.1) is 0 Å². The molecule has 0 aromatic heterocycles. The van der Waals surface area contributed by atoms with Gasteiger partial charge in [-0.3, -0.25) is 10.1 Å². The van der Waals surface area contributed by atoms with Crippen LogP contribution in [0.3, 0.4) is 0 Å². The predicted octanol–water partition coefficient (Wildman–Crippen LogP) is 2.19. The Hall–Kier alpha value is -0.830. The largest absolute Gasteiger partial charge is 0.480 e. The number of hydrogen-bond acceptors (Lipinski definition) is 2. The molecule has 15 heavy (non-hydrogen) atoms. The van der Waals surface area contributed by atoms with Gasteiger partial charge in [-0.25, -0.2) is 0 Å². The van der Waals surface area contributed by atoms with Crippen LogP contribution in [0, 0.1) is 5.41 Å². The van der Waals surface area contributed by atoms with E-state index in [1.165, 1.54) is 0 Å². The summed E-state index contributed by atoms with van der Waals surface area (Å²) in [5.74, 6) is -0.725. The third-order valence-corrected chi connectivity index (χ3v) is 3.23. The number of carboxylic acids is 1. The average molecular weight is 211 g/mol. The van der Waals surface area contributed by atoms with E-state index in [4.69, 9.17) is 0 Å². The first kappa shape index (κ1) is 12.2. The molecule has 0 bridgehead atoms. The van der Waals surface area contributed by atoms with Gasteiger partial charge in [0.1, 0.15) is 5.54 Å². The van der Waals surface area contributed by atoms with Gasteiger partial charge in [0, 0.05) is 6.54 Å². The lowest BCUT2D eigenvalue weighted by atomic mass is 9.68. The normalized spacial score (nSPS) is 29.7. The molecule has 1 aliphatic rings. The molecule has 86 valence electrons. The van der Waals surface area contributed by atoms with Crippen molar-refractivity contribution in [2.24, 2.45) is 5.41 Å². The summed E-state index contributed by atoms with van der Waals surface area (Å²) in [5.41, 5.74) is -0.624. The van der Waals surface area contributed by atoms with Crippen LogP contribution in [0.1, 0.15) is 39.5 Å². The molecule has 1 fully saturated rings. The van der Waals surface area contributed by atoms with Gasteiger partial charge in [0.2, 0.25) is 0 Å². The minimum Gasteiger partial charge on any atom is -0.480 e. The highest BCUT2D eigenvalue weighted by atomic mass is 16.4. The van der Waals surface area contributed by atoms with E-state index >= 15 is 0 Å². The molecule has 3 heteroatoms. The van der Waals surface area contributed by atoms with Crippen molar-refractivity contribution < 1.29 is 9.90 Å². The summed E-state index contributed by atoms with van der Waals surface area (Å²) in [6, 6.07) is 0. The summed E-state index contributed by atoms with van der Waals surface area (Å²) in [6.45, 7) is 8.45. The van der Waals surface area contributed by atoms with Crippen molar-refractivity contribution in [2.45, 2.75) is 45.1 Å². The molecule has 0 aliphatic heterocycles. The lowest BCUT2D eigenvalue weighted by Gasteiger charge is -2.42. The molecule has 1 atom stereocenters. The van der Waals surface area contributed by atoms with E-state index in [1.807, 2.05) is 0 Å². The molecule has 1 rings (SSSR count). The van der Waals surface area contributed by atoms with E-state index in [2.05, 4.69) is 25.7 Å². The molecule has 0 aromatic rings. The highest BCUT2D eigenvalue weighted by Crippen LogP contribution is 2.41. The molecule has 0 saturated heterocycles. The first-order valence-corrected chi connectivity index (χ1v) is 5.51. The van der Waals surface area contributed by atoms with Crippen molar-refractivity contribution in [1.82, 2.24) is 5.32 Å². The van der Waals surface area contributed by atoms with Crippen molar-refractivity contribution >= 4 is 5.97 Å². The third kappa shape index (κ3) is 2.81. The highest BCUT2D eigenvalue weighted by Gasteiger charge is 2.45. The van der Waals surface area contributed by atoms with E-state index in [1.54, 1.807) is 6.08 Å². The Kier molecular flexibility index (Phi) is 3.55. The van der Waals surface area contributed by atoms with Crippen LogP contribution in [0.15, 0.2) is 12.7 Å². The molecule has 3 nitrogen and oxygen atoms in total. The van der Waals surface area contributed by atoms with Gasteiger partial charge >= 0.3 is 5.97 Å². The first-order chi connectivity index (χ1) is 6.92. The fraction of sp³-hybridized carbons (Fsp3) is 0.750. The molecular weight excluding hydrogens is 190 g/mol. The Morgan fingerprint density at radius 1 is 1.53 bits per heavy atom. The minimum atomic E-state index is -0.740. The summed E-state index contributed by atoms with van der Waals surface area (Å²) < 4.78 is 0. The molecule has 1 unspecified atom stereocenters. The lowest BCUT2D eigenvalue weighted by Crippen LogP contribution is -2.56. The highest BCUT2D eigenvalue weighted by molar-refractivity contribution is 5.79. The zero-order chi connectivity index (χ0) is 11.5. The van der Waals surface area contributed by atoms with Crippen LogP contribution in [0.5, 0.6) is 0 Å². The van der Waals surface area contributed by atoms with Gasteiger partial charge in [0.25, 0.3) is 0 Å². The molecule has 0 amide bonds. The molecular formula is C12H21NO2. The Balaban J connectivity index is 2.80. The van der Waals surface area contributed by atoms with Crippen LogP contribution in [0.2, 0.25) is 0 Å². The molecule has 1 saturated carbocycles. The topological polar surface area (TPSA) is 49.3 Å². The Morgan fingerprint density at radius 3 is 2.67 bits per heavy atom. The van der Waals surface area contributed by atoms with Gasteiger partial charge in [-0.05, 0) is 24.7 Å². The fourth-order valence-corrected chi connectivity index (χ4v) is 2.54. The zero-order valence-corrected chi connectivity index (χ0v) is 9.68. The number of carbonyl (C=O) groups is 1. The number of nitrogens with one attached hydrogen (secondary N) is 1. The van der Waals surface area contributed by atoms with E-state index in [-0.39, 0.29) is 5.41 Å². The van der Waals surface area contributed by atoms with Crippen molar-refractivity contribution in [2.75, 3.05) is 6.54 Å². The standard InChI is InChI=1S/C12H21NO2/c1-4-8-13-12(10(14)15)7-5-6-11(2,3)9-12/h4,13H,1,5-9H2,2-3H3,(H,14,15). The van der Waals surface area contributed by atoms with Crippen LogP contribution < -0.4 is 5.32 Å². The smallest absolute Gasteiger partial charge is 0.323 e. The van der Waals surface area contributed by atoms with E-state index in [0.717, 1.165) is 19.3 Å². The molecule has 0 heterocycles. The number of carboxylic acid groups (broad SMARTS) is 1. The van der Waals surface area contributed by atoms with Crippen molar-refractivity contribution in [3.63, 3.8) is 0 Å². The molecule has 0 radical (unpaired) electrons. The van der Waals surface area contributed by atoms with Crippen LogP contribution >= 0.6 is 0 Å². The van der Waals surface area contributed by atoms with E-state index in [0.29, 0.717) is 13.0 Å². The average Bonchev–Trinajstić information content (AvgIpc) is 2.13. The first-order valence-electron chi connectivity index (χ1n) is 5.51. The Labute approximate surface area is 91.6 Å². The summed E-state index contributed by atoms with van der Waals surface area (Å²) in [6.07, 6.45) is 5.22. The van der Waals surface area contributed by atoms with Crippen LogP contribution in [-0.4, -0.2) is 23.2 Å². The Morgan fingerprint density at radius 2 is 2.20 bits per heavy atom. The van der Waals surface area contributed by atoms with Crippen LogP contribution in [-0.2, 0) is 4.79 Å². The fourth-order valence-electron chi connectivity index (χ4n) is 2.54. The van der Waals surface area contributed by atoms with Gasteiger partial charge in [-0.1, -0.05) is 26.3 Å². The predicted molar refractivity (Wildman–Crippen MR) is 60.8 cm³/mol. The summed E-state index contributed by atoms with van der Waals surface area (Å²) in [7, 11) is 0. The van der Waals surface area contributed by atoms with Gasteiger partial charge in [-0.15, -0.1) is 6.58 Å². The summed E-state index contributed by atoms with van der Waals surface area (Å²) in [5, 5.41) is 12.5. The quantitative estimate of drug-likeness (QED) is 0.701. The maximum Gasteiger partial charge on any atom is 0.323 e. The lowest BCUT2D eigenvalue weighted by molar-refractivity contribution is -0.148. The zero-order valence-electron chi connectivity index (χ0n) is 9.68. The van der Waals surface area contributed by atoms with Crippen molar-refractivity contribution in [3.8, 4) is 0 Å². The van der Waals surface area contributed by atoms with Crippen molar-refractivity contribution in [1.29, 1.82) is 0 Å². The minimum absolute atomic E-state index is 0.116. The maximum absolute atomic E-state index is 11.4. The number of hydrogen-bond donors (Lipinski definition) is 2. The van der Waals surface area contributed by atoms with E-state index < -0.39 is 11.5 Å². The number of aliphatic carboxylic acids is 1. The monoisotopic (exact) mass is 211 g/mol. The second kappa shape index (κ2) is 4.35. The van der Waals surface area contributed by atoms with Crippen LogP contribution in [0.25, 0.3) is 0 Å². The molecule has 0 aromatic carbocycles. The summed E-state index contributed by atoms with van der Waals surface area (Å²) in [4.78, 5) is 11.4. The SMILES string of the molecule is C=CCNC1(C(=O)O)CCCC(C)(C)C1. The third-order valence-electron chi connectivity index (χ3n) is 3.23. The van der Waals surface area contributed by atoms with Gasteiger partial charge in [-0.2, -0.15) is 0 Å². The van der Waals surface area contributed by atoms with E-state index in [9.17, 15) is 9.90 Å². The van der Waals surface area contributed by atoms with Gasteiger partial charge in [0.15, 0.2) is 0 Å². The van der Waals surface area contributed by atoms with Crippen LogP contribution in [0.4, 0.5) is 0 Å². The molecule has 2 N–H and O–H groups in total. The van der Waals surface area contributed by atoms with Crippen molar-refractivity contribution in [3.05, 3.63) is 12.7 Å². The van der Waals surface area contributed by atoms with Gasteiger partial charge < -0.3 is 5.11 Å². The second-order valence-electron chi connectivity index (χ2n) is 5.25.